The Bertz CT molecular complexity index is 752. The number of aromatic nitrogens is 3. The maximum Gasteiger partial charge on any atom is 0.195 e. The first kappa shape index (κ1) is 19.9. The van der Waals surface area contributed by atoms with E-state index in [1.165, 1.54) is 24.1 Å². The average molecular weight is 381 g/mol. The van der Waals surface area contributed by atoms with Crippen LogP contribution in [-0.2, 0) is 16.3 Å². The zero-order valence-electron chi connectivity index (χ0n) is 12.5. The summed E-state index contributed by atoms with van der Waals surface area (Å²) < 4.78 is 38.1. The number of thioether (sulfide) groups is 1. The van der Waals surface area contributed by atoms with Gasteiger partial charge in [-0.2, -0.15) is 0 Å². The van der Waals surface area contributed by atoms with Crippen LogP contribution >= 0.6 is 24.2 Å². The summed E-state index contributed by atoms with van der Waals surface area (Å²) in [4.78, 5) is 0. The fourth-order valence-corrected chi connectivity index (χ4v) is 4.00. The fraction of sp³-hybridized carbons (Fsp3) is 0.385. The molecule has 0 radical (unpaired) electrons. The summed E-state index contributed by atoms with van der Waals surface area (Å²) in [5, 5.41) is 8.52. The Balaban J connectivity index is 0.00000264. The van der Waals surface area contributed by atoms with Crippen molar-refractivity contribution in [3.05, 3.63) is 35.9 Å². The van der Waals surface area contributed by atoms with Crippen molar-refractivity contribution in [1.82, 2.24) is 14.8 Å². The van der Waals surface area contributed by atoms with E-state index in [4.69, 9.17) is 5.73 Å². The molecule has 0 saturated carbocycles. The highest BCUT2D eigenvalue weighted by Crippen LogP contribution is 2.24. The lowest BCUT2D eigenvalue weighted by Crippen LogP contribution is -2.11. The Morgan fingerprint density at radius 3 is 2.61 bits per heavy atom. The number of rotatable bonds is 7. The molecule has 0 atom stereocenters. The largest absolute Gasteiger partial charge is 0.330 e. The maximum absolute atomic E-state index is 14.1. The van der Waals surface area contributed by atoms with Crippen LogP contribution in [-0.4, -0.2) is 47.5 Å². The van der Waals surface area contributed by atoms with E-state index in [0.717, 1.165) is 0 Å². The van der Waals surface area contributed by atoms with Crippen LogP contribution in [0.4, 0.5) is 4.39 Å². The van der Waals surface area contributed by atoms with Gasteiger partial charge >= 0.3 is 0 Å². The number of hydrogen-bond acceptors (Lipinski definition) is 6. The fourth-order valence-electron chi connectivity index (χ4n) is 1.84. The van der Waals surface area contributed by atoms with Crippen molar-refractivity contribution in [2.75, 3.05) is 24.3 Å². The summed E-state index contributed by atoms with van der Waals surface area (Å²) in [6.45, 7) is 0.362. The third-order valence-corrected chi connectivity index (χ3v) is 4.98. The lowest BCUT2D eigenvalue weighted by atomic mass is 10.3. The van der Waals surface area contributed by atoms with E-state index in [1.807, 2.05) is 0 Å². The van der Waals surface area contributed by atoms with E-state index in [-0.39, 0.29) is 18.2 Å². The molecule has 0 bridgehead atoms. The highest BCUT2D eigenvalue weighted by molar-refractivity contribution is 8.00. The van der Waals surface area contributed by atoms with Crippen LogP contribution in [0, 0.1) is 5.82 Å². The third kappa shape index (κ3) is 5.45. The first-order valence-corrected chi connectivity index (χ1v) is 9.67. The first-order valence-electron chi connectivity index (χ1n) is 6.62. The molecule has 0 unspecified atom stereocenters. The molecule has 23 heavy (non-hydrogen) atoms. The van der Waals surface area contributed by atoms with E-state index in [0.29, 0.717) is 35.4 Å². The number of halogens is 2. The summed E-state index contributed by atoms with van der Waals surface area (Å²) >= 11 is 1.23. The van der Waals surface area contributed by atoms with E-state index >= 15 is 0 Å². The normalized spacial score (nSPS) is 11.3. The van der Waals surface area contributed by atoms with Gasteiger partial charge in [-0.15, -0.1) is 22.6 Å². The molecule has 1 aromatic carbocycles. The zero-order valence-corrected chi connectivity index (χ0v) is 14.9. The van der Waals surface area contributed by atoms with Crippen LogP contribution in [0.3, 0.4) is 0 Å². The number of benzene rings is 1. The number of nitrogens with zero attached hydrogens (tertiary/aromatic N) is 3. The minimum Gasteiger partial charge on any atom is -0.330 e. The molecular formula is C13H18ClFN4O2S2. The quantitative estimate of drug-likeness (QED) is 0.731. The second-order valence-corrected chi connectivity index (χ2v) is 8.02. The maximum atomic E-state index is 14.1. The minimum absolute atomic E-state index is 0. The molecular weight excluding hydrogens is 363 g/mol. The Hall–Kier alpha value is -1.16. The number of sulfone groups is 1. The minimum atomic E-state index is -3.06. The number of nitrogens with two attached hydrogens (primary N) is 1. The van der Waals surface area contributed by atoms with Crippen LogP contribution in [0.5, 0.6) is 0 Å². The lowest BCUT2D eigenvalue weighted by Gasteiger charge is -2.10. The summed E-state index contributed by atoms with van der Waals surface area (Å²) in [6.07, 6.45) is 1.63. The van der Waals surface area contributed by atoms with Crippen LogP contribution in [0.15, 0.2) is 29.4 Å². The van der Waals surface area contributed by atoms with Crippen molar-refractivity contribution in [1.29, 1.82) is 0 Å². The second-order valence-electron chi connectivity index (χ2n) is 4.70. The van der Waals surface area contributed by atoms with E-state index < -0.39 is 15.7 Å². The van der Waals surface area contributed by atoms with Gasteiger partial charge in [0.15, 0.2) is 5.16 Å². The van der Waals surface area contributed by atoms with Gasteiger partial charge in [0.25, 0.3) is 0 Å². The number of hydrogen-bond donors (Lipinski definition) is 1. The van der Waals surface area contributed by atoms with Crippen molar-refractivity contribution < 1.29 is 12.8 Å². The molecule has 0 saturated heterocycles. The molecule has 2 N–H and O–H groups in total. The zero-order chi connectivity index (χ0) is 16.2. The van der Waals surface area contributed by atoms with Gasteiger partial charge in [-0.1, -0.05) is 23.9 Å². The molecule has 128 valence electrons. The summed E-state index contributed by atoms with van der Waals surface area (Å²) in [5.74, 6) is 0.502. The Kier molecular flexibility index (Phi) is 7.46. The molecule has 0 aliphatic carbocycles. The molecule has 2 rings (SSSR count). The van der Waals surface area contributed by atoms with Crippen molar-refractivity contribution in [3.8, 4) is 5.69 Å². The molecule has 1 heterocycles. The molecule has 0 aliphatic rings. The van der Waals surface area contributed by atoms with E-state index in [1.54, 1.807) is 22.8 Å². The average Bonchev–Trinajstić information content (AvgIpc) is 2.81. The lowest BCUT2D eigenvalue weighted by molar-refractivity contribution is 0.603. The van der Waals surface area contributed by atoms with Crippen molar-refractivity contribution in [2.24, 2.45) is 5.73 Å². The molecule has 0 spiro atoms. The van der Waals surface area contributed by atoms with Gasteiger partial charge in [-0.3, -0.25) is 4.57 Å². The summed E-state index contributed by atoms with van der Waals surface area (Å²) in [5.41, 5.74) is 5.88. The van der Waals surface area contributed by atoms with Gasteiger partial charge in [-0.25, -0.2) is 12.8 Å². The highest BCUT2D eigenvalue weighted by Gasteiger charge is 2.17. The topological polar surface area (TPSA) is 90.9 Å². The monoisotopic (exact) mass is 380 g/mol. The van der Waals surface area contributed by atoms with Gasteiger partial charge in [0.05, 0.1) is 11.4 Å². The first-order chi connectivity index (χ1) is 10.4. The Morgan fingerprint density at radius 1 is 1.30 bits per heavy atom. The Morgan fingerprint density at radius 2 is 2.00 bits per heavy atom. The summed E-state index contributed by atoms with van der Waals surface area (Å²) in [7, 11) is -3.06. The van der Waals surface area contributed by atoms with E-state index in [9.17, 15) is 12.8 Å². The summed E-state index contributed by atoms with van der Waals surface area (Å²) in [6, 6.07) is 6.30. The standard InChI is InChI=1S/C13H17FN4O2S2.ClH/c1-22(19,20)9-8-21-13-17-16-12(6-7-15)18(13)11-5-3-2-4-10(11)14;/h2-5H,6-9,15H2,1H3;1H. The van der Waals surface area contributed by atoms with Gasteiger partial charge < -0.3 is 5.73 Å². The van der Waals surface area contributed by atoms with E-state index in [2.05, 4.69) is 10.2 Å². The Labute approximate surface area is 145 Å². The van der Waals surface area contributed by atoms with Crippen LogP contribution in [0.25, 0.3) is 5.69 Å². The van der Waals surface area contributed by atoms with Gasteiger partial charge in [0, 0.05) is 18.4 Å². The van der Waals surface area contributed by atoms with Crippen molar-refractivity contribution >= 4 is 34.0 Å². The predicted molar refractivity (Wildman–Crippen MR) is 91.8 cm³/mol. The van der Waals surface area contributed by atoms with Crippen molar-refractivity contribution in [2.45, 2.75) is 11.6 Å². The van der Waals surface area contributed by atoms with Crippen LogP contribution in [0.2, 0.25) is 0 Å². The molecule has 10 heteroatoms. The number of para-hydroxylation sites is 1. The molecule has 1 aromatic heterocycles. The SMILES string of the molecule is CS(=O)(=O)CCSc1nnc(CCN)n1-c1ccccc1F.Cl. The molecule has 2 aromatic rings. The van der Waals surface area contributed by atoms with Gasteiger partial charge in [-0.05, 0) is 18.7 Å². The van der Waals surface area contributed by atoms with Crippen molar-refractivity contribution in [3.63, 3.8) is 0 Å². The second kappa shape index (κ2) is 8.62. The van der Waals surface area contributed by atoms with Crippen LogP contribution in [0.1, 0.15) is 5.82 Å². The smallest absolute Gasteiger partial charge is 0.195 e. The molecule has 6 nitrogen and oxygen atoms in total. The molecule has 0 amide bonds. The molecule has 0 aliphatic heterocycles. The van der Waals surface area contributed by atoms with Crippen LogP contribution < -0.4 is 5.73 Å². The van der Waals surface area contributed by atoms with Gasteiger partial charge in [0.2, 0.25) is 0 Å². The highest BCUT2D eigenvalue weighted by atomic mass is 35.5. The van der Waals surface area contributed by atoms with Gasteiger partial charge in [0.1, 0.15) is 21.5 Å². The molecule has 0 fully saturated rings. The third-order valence-electron chi connectivity index (χ3n) is 2.85. The predicted octanol–water partition coefficient (Wildman–Crippen LogP) is 1.47.